The van der Waals surface area contributed by atoms with Gasteiger partial charge in [0, 0.05) is 63.0 Å². The molecule has 1 amide bonds. The van der Waals surface area contributed by atoms with Gasteiger partial charge in [0.2, 0.25) is 11.9 Å². The van der Waals surface area contributed by atoms with Crippen LogP contribution in [0.5, 0.6) is 0 Å². The number of hydrogen-bond donors (Lipinski definition) is 1. The molecule has 0 unspecified atom stereocenters. The van der Waals surface area contributed by atoms with Crippen LogP contribution in [0.25, 0.3) is 10.8 Å². The van der Waals surface area contributed by atoms with Gasteiger partial charge < -0.3 is 14.7 Å². The topological polar surface area (TPSA) is 98.3 Å². The third-order valence-electron chi connectivity index (χ3n) is 6.90. The van der Waals surface area contributed by atoms with Crippen molar-refractivity contribution in [2.75, 3.05) is 42.5 Å². The van der Waals surface area contributed by atoms with Crippen molar-refractivity contribution < 1.29 is 18.0 Å². The van der Waals surface area contributed by atoms with Crippen molar-refractivity contribution in [2.24, 2.45) is 0 Å². The molecule has 2 aromatic heterocycles. The van der Waals surface area contributed by atoms with E-state index in [2.05, 4.69) is 25.1 Å². The lowest BCUT2D eigenvalue weighted by atomic mass is 10.1. The zero-order valence-electron chi connectivity index (χ0n) is 19.5. The van der Waals surface area contributed by atoms with Crippen LogP contribution in [0, 0.1) is 0 Å². The van der Waals surface area contributed by atoms with Crippen LogP contribution in [0.2, 0.25) is 0 Å². The normalized spacial score (nSPS) is 18.8. The number of anilines is 2. The summed E-state index contributed by atoms with van der Waals surface area (Å²) in [6.07, 6.45) is 0.0947. The molecule has 0 saturated carbocycles. The van der Waals surface area contributed by atoms with Gasteiger partial charge in [0.1, 0.15) is 0 Å². The SMILES string of the molecule is O=C(CC[C@@H]1CCCN1c1n[nH]c(=O)c2ccccc12)N1CCN(c2ncc(C(F)(F)F)cn2)CC1. The molecule has 9 nitrogen and oxygen atoms in total. The van der Waals surface area contributed by atoms with Gasteiger partial charge in [0.05, 0.1) is 10.9 Å². The number of alkyl halides is 3. The second-order valence-electron chi connectivity index (χ2n) is 9.09. The minimum atomic E-state index is -4.47. The molecule has 36 heavy (non-hydrogen) atoms. The van der Waals surface area contributed by atoms with Crippen molar-refractivity contribution in [3.8, 4) is 0 Å². The van der Waals surface area contributed by atoms with E-state index in [4.69, 9.17) is 0 Å². The standard InChI is InChI=1S/C24H26F3N7O2/c25-24(26,27)16-14-28-23(29-15-16)33-12-10-32(11-13-33)20(35)8-7-17-4-3-9-34(17)21-18-5-1-2-6-19(18)22(36)31-30-21/h1-2,5-6,14-15,17H,3-4,7-13H2,(H,31,36)/t17-/m0/s1. The third kappa shape index (κ3) is 4.84. The Balaban J connectivity index is 1.17. The van der Waals surface area contributed by atoms with Gasteiger partial charge in [0.15, 0.2) is 5.82 Å². The number of aromatic nitrogens is 4. The predicted octanol–water partition coefficient (Wildman–Crippen LogP) is 2.83. The van der Waals surface area contributed by atoms with Crippen LogP contribution >= 0.6 is 0 Å². The zero-order chi connectivity index (χ0) is 25.3. The number of aromatic amines is 1. The molecule has 0 spiro atoms. The highest BCUT2D eigenvalue weighted by molar-refractivity contribution is 5.91. The Labute approximate surface area is 204 Å². The molecule has 12 heteroatoms. The van der Waals surface area contributed by atoms with Crippen molar-refractivity contribution in [2.45, 2.75) is 37.9 Å². The molecule has 190 valence electrons. The van der Waals surface area contributed by atoms with Gasteiger partial charge in [-0.05, 0) is 25.3 Å². The molecule has 2 saturated heterocycles. The molecule has 2 aliphatic rings. The predicted molar refractivity (Wildman–Crippen MR) is 128 cm³/mol. The summed E-state index contributed by atoms with van der Waals surface area (Å²) in [4.78, 5) is 38.5. The second kappa shape index (κ2) is 9.75. The monoisotopic (exact) mass is 501 g/mol. The zero-order valence-corrected chi connectivity index (χ0v) is 19.5. The highest BCUT2D eigenvalue weighted by atomic mass is 19.4. The Hall–Kier alpha value is -3.70. The maximum absolute atomic E-state index is 12.9. The summed E-state index contributed by atoms with van der Waals surface area (Å²) in [6, 6.07) is 7.54. The Morgan fingerprint density at radius 3 is 2.42 bits per heavy atom. The van der Waals surface area contributed by atoms with Gasteiger partial charge in [-0.2, -0.15) is 18.3 Å². The number of nitrogens with one attached hydrogen (secondary N) is 1. The smallest absolute Gasteiger partial charge is 0.352 e. The molecule has 1 aromatic carbocycles. The number of piperazine rings is 1. The third-order valence-corrected chi connectivity index (χ3v) is 6.90. The van der Waals surface area contributed by atoms with E-state index in [1.54, 1.807) is 15.9 Å². The molecular formula is C24H26F3N7O2. The van der Waals surface area contributed by atoms with Crippen LogP contribution in [0.1, 0.15) is 31.2 Å². The number of rotatable bonds is 5. The van der Waals surface area contributed by atoms with Gasteiger partial charge in [-0.3, -0.25) is 9.59 Å². The minimum absolute atomic E-state index is 0.0501. The molecule has 0 radical (unpaired) electrons. The van der Waals surface area contributed by atoms with Crippen molar-refractivity contribution in [1.82, 2.24) is 25.1 Å². The summed E-state index contributed by atoms with van der Waals surface area (Å²) in [5.74, 6) is 1.02. The molecule has 0 bridgehead atoms. The van der Waals surface area contributed by atoms with Gasteiger partial charge >= 0.3 is 6.18 Å². The molecule has 0 aliphatic carbocycles. The number of benzene rings is 1. The molecule has 3 aromatic rings. The van der Waals surface area contributed by atoms with E-state index in [0.29, 0.717) is 44.4 Å². The van der Waals surface area contributed by atoms with Gasteiger partial charge in [0.25, 0.3) is 5.56 Å². The van der Waals surface area contributed by atoms with E-state index < -0.39 is 11.7 Å². The van der Waals surface area contributed by atoms with E-state index in [1.165, 1.54) is 0 Å². The Morgan fingerprint density at radius 1 is 1.03 bits per heavy atom. The molecule has 2 fully saturated rings. The summed E-state index contributed by atoms with van der Waals surface area (Å²) in [6.45, 7) is 2.65. The molecule has 4 heterocycles. The lowest BCUT2D eigenvalue weighted by molar-refractivity contribution is -0.138. The van der Waals surface area contributed by atoms with Crippen LogP contribution in [0.15, 0.2) is 41.5 Å². The number of nitrogens with zero attached hydrogens (tertiary/aromatic N) is 6. The largest absolute Gasteiger partial charge is 0.419 e. The summed E-state index contributed by atoms with van der Waals surface area (Å²) in [5, 5.41) is 8.32. The van der Waals surface area contributed by atoms with Gasteiger partial charge in [-0.15, -0.1) is 0 Å². The Bertz CT molecular complexity index is 1290. The highest BCUT2D eigenvalue weighted by Gasteiger charge is 2.32. The van der Waals surface area contributed by atoms with Crippen LogP contribution < -0.4 is 15.4 Å². The van der Waals surface area contributed by atoms with Crippen LogP contribution in [0.3, 0.4) is 0 Å². The maximum Gasteiger partial charge on any atom is 0.419 e. The number of halogens is 3. The summed E-state index contributed by atoms with van der Waals surface area (Å²) < 4.78 is 38.2. The quantitative estimate of drug-likeness (QED) is 0.574. The van der Waals surface area contributed by atoms with Crippen molar-refractivity contribution in [1.29, 1.82) is 0 Å². The summed E-state index contributed by atoms with van der Waals surface area (Å²) in [5.41, 5.74) is -1.10. The number of H-pyrrole nitrogens is 1. The van der Waals surface area contributed by atoms with E-state index in [1.807, 2.05) is 18.2 Å². The van der Waals surface area contributed by atoms with Gasteiger partial charge in [-0.25, -0.2) is 15.1 Å². The first-order valence-electron chi connectivity index (χ1n) is 12.0. The minimum Gasteiger partial charge on any atom is -0.352 e. The average Bonchev–Trinajstić information content (AvgIpc) is 3.36. The first-order valence-corrected chi connectivity index (χ1v) is 12.0. The fourth-order valence-corrected chi connectivity index (χ4v) is 4.97. The van der Waals surface area contributed by atoms with Crippen molar-refractivity contribution in [3.05, 3.63) is 52.6 Å². The van der Waals surface area contributed by atoms with Crippen LogP contribution in [0.4, 0.5) is 24.9 Å². The lowest BCUT2D eigenvalue weighted by Gasteiger charge is -2.35. The van der Waals surface area contributed by atoms with E-state index >= 15 is 0 Å². The molecule has 1 atom stereocenters. The molecule has 5 rings (SSSR count). The summed E-state index contributed by atoms with van der Waals surface area (Å²) in [7, 11) is 0. The number of fused-ring (bicyclic) bond motifs is 1. The number of hydrogen-bond acceptors (Lipinski definition) is 7. The maximum atomic E-state index is 12.9. The fourth-order valence-electron chi connectivity index (χ4n) is 4.97. The number of carbonyl (C=O) groups is 1. The van der Waals surface area contributed by atoms with Crippen molar-refractivity contribution >= 4 is 28.4 Å². The Morgan fingerprint density at radius 2 is 1.72 bits per heavy atom. The van der Waals surface area contributed by atoms with E-state index in [-0.39, 0.29) is 23.5 Å². The number of carbonyl (C=O) groups excluding carboxylic acids is 1. The van der Waals surface area contributed by atoms with Crippen molar-refractivity contribution in [3.63, 3.8) is 0 Å². The lowest BCUT2D eigenvalue weighted by Crippen LogP contribution is -2.49. The molecule has 1 N–H and O–H groups in total. The fraction of sp³-hybridized carbons (Fsp3) is 0.458. The van der Waals surface area contributed by atoms with Crippen LogP contribution in [-0.2, 0) is 11.0 Å². The number of amides is 1. The molecule has 2 aliphatic heterocycles. The van der Waals surface area contributed by atoms with E-state index in [9.17, 15) is 22.8 Å². The van der Waals surface area contributed by atoms with Gasteiger partial charge in [-0.1, -0.05) is 18.2 Å². The first kappa shape index (κ1) is 24.0. The Kier molecular flexibility index (Phi) is 6.50. The molecular weight excluding hydrogens is 475 g/mol. The van der Waals surface area contributed by atoms with E-state index in [0.717, 1.165) is 43.0 Å². The highest BCUT2D eigenvalue weighted by Crippen LogP contribution is 2.31. The second-order valence-corrected chi connectivity index (χ2v) is 9.09. The average molecular weight is 502 g/mol. The van der Waals surface area contributed by atoms with Crippen LogP contribution in [-0.4, -0.2) is 69.7 Å². The summed E-state index contributed by atoms with van der Waals surface area (Å²) >= 11 is 0. The first-order chi connectivity index (χ1) is 17.3.